The largest absolute Gasteiger partial charge is 0.465 e. The summed E-state index contributed by atoms with van der Waals surface area (Å²) in [6, 6.07) is 12.5. The summed E-state index contributed by atoms with van der Waals surface area (Å²) >= 11 is 0. The first-order valence-electron chi connectivity index (χ1n) is 7.49. The molecule has 0 N–H and O–H groups in total. The Morgan fingerprint density at radius 3 is 2.57 bits per heavy atom. The van der Waals surface area contributed by atoms with Crippen LogP contribution in [0, 0.1) is 0 Å². The molecule has 0 aliphatic carbocycles. The van der Waals surface area contributed by atoms with Crippen LogP contribution in [0.25, 0.3) is 0 Å². The number of rotatable bonds is 3. The molecule has 2 aromatic rings. The zero-order valence-electron chi connectivity index (χ0n) is 13.1. The molecule has 1 unspecified atom stereocenters. The number of benzene rings is 2. The third-order valence-electron chi connectivity index (χ3n) is 4.12. The Morgan fingerprint density at radius 1 is 1.13 bits per heavy atom. The van der Waals surface area contributed by atoms with Crippen molar-refractivity contribution in [2.75, 3.05) is 6.61 Å². The molecule has 23 heavy (non-hydrogen) atoms. The van der Waals surface area contributed by atoms with E-state index in [2.05, 4.69) is 0 Å². The lowest BCUT2D eigenvalue weighted by Crippen LogP contribution is -2.15. The molecule has 0 amide bonds. The molecule has 0 radical (unpaired) electrons. The number of hydrogen-bond acceptors (Lipinski definition) is 4. The number of hydrogen-bond donors (Lipinski definition) is 0. The van der Waals surface area contributed by atoms with Gasteiger partial charge >= 0.3 is 5.97 Å². The van der Waals surface area contributed by atoms with E-state index in [-0.39, 0.29) is 18.5 Å². The fourth-order valence-electron chi connectivity index (χ4n) is 2.88. The van der Waals surface area contributed by atoms with Crippen LogP contribution in [-0.4, -0.2) is 21.0 Å². The number of carbonyl (C=O) groups excluding carboxylic acids is 1. The van der Waals surface area contributed by atoms with Crippen molar-refractivity contribution in [2.45, 2.75) is 36.0 Å². The summed E-state index contributed by atoms with van der Waals surface area (Å²) in [5.41, 5.74) is 2.60. The summed E-state index contributed by atoms with van der Waals surface area (Å²) in [4.78, 5) is 11.7. The fraction of sp³-hybridized carbons (Fsp3) is 0.278. The minimum Gasteiger partial charge on any atom is -0.465 e. The van der Waals surface area contributed by atoms with Gasteiger partial charge in [-0.1, -0.05) is 37.3 Å². The summed E-state index contributed by atoms with van der Waals surface area (Å²) < 4.78 is 30.5. The van der Waals surface area contributed by atoms with Gasteiger partial charge in [-0.25, -0.2) is 8.42 Å². The molecule has 0 aromatic heterocycles. The minimum absolute atomic E-state index is 0.0177. The lowest BCUT2D eigenvalue weighted by molar-refractivity contribution is -0.141. The highest BCUT2D eigenvalue weighted by molar-refractivity contribution is 7.91. The van der Waals surface area contributed by atoms with E-state index in [0.29, 0.717) is 16.2 Å². The predicted molar refractivity (Wildman–Crippen MR) is 86.2 cm³/mol. The SMILES string of the molecule is CC(=O)OCC(C)c1ccc2c(c1)Cc1ccccc1S2(=O)=O. The van der Waals surface area contributed by atoms with Crippen LogP contribution in [-0.2, 0) is 25.8 Å². The summed E-state index contributed by atoms with van der Waals surface area (Å²) in [6.07, 6.45) is 0.596. The molecule has 120 valence electrons. The van der Waals surface area contributed by atoms with Gasteiger partial charge in [-0.3, -0.25) is 4.79 Å². The second-order valence-electron chi connectivity index (χ2n) is 5.86. The molecule has 1 heterocycles. The van der Waals surface area contributed by atoms with Crippen LogP contribution in [0.4, 0.5) is 0 Å². The Hall–Kier alpha value is -2.14. The third-order valence-corrected chi connectivity index (χ3v) is 6.08. The van der Waals surface area contributed by atoms with Gasteiger partial charge in [0, 0.05) is 19.3 Å². The highest BCUT2D eigenvalue weighted by Gasteiger charge is 2.29. The first-order valence-corrected chi connectivity index (χ1v) is 8.97. The van der Waals surface area contributed by atoms with E-state index in [9.17, 15) is 13.2 Å². The summed E-state index contributed by atoms with van der Waals surface area (Å²) in [6.45, 7) is 3.62. The predicted octanol–water partition coefficient (Wildman–Crippen LogP) is 3.09. The minimum atomic E-state index is -3.45. The van der Waals surface area contributed by atoms with Crippen LogP contribution >= 0.6 is 0 Å². The monoisotopic (exact) mass is 330 g/mol. The maximum absolute atomic E-state index is 12.7. The van der Waals surface area contributed by atoms with Crippen molar-refractivity contribution in [2.24, 2.45) is 0 Å². The average molecular weight is 330 g/mol. The Bertz CT molecular complexity index is 868. The van der Waals surface area contributed by atoms with E-state index in [1.54, 1.807) is 24.3 Å². The van der Waals surface area contributed by atoms with Gasteiger partial charge in [0.1, 0.15) is 0 Å². The van der Waals surface area contributed by atoms with Crippen LogP contribution in [0.15, 0.2) is 52.3 Å². The van der Waals surface area contributed by atoms with Crippen LogP contribution in [0.1, 0.15) is 36.5 Å². The molecule has 0 spiro atoms. The summed E-state index contributed by atoms with van der Waals surface area (Å²) in [5, 5.41) is 0. The molecule has 4 nitrogen and oxygen atoms in total. The molecular formula is C18H18O4S. The second-order valence-corrected chi connectivity index (χ2v) is 7.75. The molecule has 0 bridgehead atoms. The smallest absolute Gasteiger partial charge is 0.302 e. The van der Waals surface area contributed by atoms with E-state index >= 15 is 0 Å². The number of carbonyl (C=O) groups is 1. The van der Waals surface area contributed by atoms with Gasteiger partial charge in [0.05, 0.1) is 16.4 Å². The van der Waals surface area contributed by atoms with E-state index in [1.165, 1.54) is 6.92 Å². The van der Waals surface area contributed by atoms with E-state index in [0.717, 1.165) is 16.7 Å². The van der Waals surface area contributed by atoms with Gasteiger partial charge in [0.25, 0.3) is 0 Å². The van der Waals surface area contributed by atoms with Crippen molar-refractivity contribution < 1.29 is 17.9 Å². The molecule has 1 aliphatic heterocycles. The van der Waals surface area contributed by atoms with E-state index < -0.39 is 9.84 Å². The fourth-order valence-corrected chi connectivity index (χ4v) is 4.58. The lowest BCUT2D eigenvalue weighted by Gasteiger charge is -2.21. The molecule has 0 saturated heterocycles. The molecule has 1 aliphatic rings. The molecule has 0 fully saturated rings. The zero-order valence-corrected chi connectivity index (χ0v) is 13.9. The van der Waals surface area contributed by atoms with E-state index in [1.807, 2.05) is 25.1 Å². The van der Waals surface area contributed by atoms with Gasteiger partial charge in [0.2, 0.25) is 9.84 Å². The molecule has 5 heteroatoms. The Morgan fingerprint density at radius 2 is 1.83 bits per heavy atom. The van der Waals surface area contributed by atoms with Crippen molar-refractivity contribution in [1.82, 2.24) is 0 Å². The highest BCUT2D eigenvalue weighted by Crippen LogP contribution is 2.35. The van der Waals surface area contributed by atoms with Gasteiger partial charge in [-0.15, -0.1) is 0 Å². The zero-order chi connectivity index (χ0) is 16.6. The quantitative estimate of drug-likeness (QED) is 0.692. The number of ether oxygens (including phenoxy) is 1. The van der Waals surface area contributed by atoms with Gasteiger partial charge in [-0.2, -0.15) is 0 Å². The Labute approximate surface area is 136 Å². The maximum Gasteiger partial charge on any atom is 0.302 e. The lowest BCUT2D eigenvalue weighted by atomic mass is 9.96. The van der Waals surface area contributed by atoms with Crippen LogP contribution in [0.3, 0.4) is 0 Å². The van der Waals surface area contributed by atoms with Gasteiger partial charge < -0.3 is 4.74 Å². The van der Waals surface area contributed by atoms with Crippen molar-refractivity contribution >= 4 is 15.8 Å². The number of esters is 1. The standard InChI is InChI=1S/C18H18O4S/c1-12(11-22-13(2)19)14-7-8-18-16(9-14)10-15-5-3-4-6-17(15)23(18,20)21/h3-9,12H,10-11H2,1-2H3. The molecule has 0 saturated carbocycles. The Kier molecular flexibility index (Phi) is 3.98. The summed E-state index contributed by atoms with van der Waals surface area (Å²) in [5.74, 6) is -0.296. The van der Waals surface area contributed by atoms with Crippen molar-refractivity contribution in [3.63, 3.8) is 0 Å². The van der Waals surface area contributed by atoms with Gasteiger partial charge in [-0.05, 0) is 28.8 Å². The van der Waals surface area contributed by atoms with E-state index in [4.69, 9.17) is 4.74 Å². The van der Waals surface area contributed by atoms with Crippen LogP contribution in [0.2, 0.25) is 0 Å². The van der Waals surface area contributed by atoms with Crippen LogP contribution in [0.5, 0.6) is 0 Å². The first-order chi connectivity index (χ1) is 10.9. The van der Waals surface area contributed by atoms with Crippen LogP contribution < -0.4 is 0 Å². The van der Waals surface area contributed by atoms with Crippen molar-refractivity contribution in [3.05, 3.63) is 59.2 Å². The average Bonchev–Trinajstić information content (AvgIpc) is 2.52. The Balaban J connectivity index is 1.98. The van der Waals surface area contributed by atoms with Gasteiger partial charge in [0.15, 0.2) is 0 Å². The number of sulfone groups is 1. The van der Waals surface area contributed by atoms with Crippen molar-refractivity contribution in [3.8, 4) is 0 Å². The molecule has 2 aromatic carbocycles. The number of fused-ring (bicyclic) bond motifs is 2. The molecule has 3 rings (SSSR count). The summed E-state index contributed by atoms with van der Waals surface area (Å²) in [7, 11) is -3.45. The molecule has 1 atom stereocenters. The molecular weight excluding hydrogens is 312 g/mol. The normalized spacial score (nSPS) is 16.1. The van der Waals surface area contributed by atoms with Crippen molar-refractivity contribution in [1.29, 1.82) is 0 Å². The maximum atomic E-state index is 12.7. The first kappa shape index (κ1) is 15.7. The topological polar surface area (TPSA) is 60.4 Å². The second kappa shape index (κ2) is 5.81. The highest BCUT2D eigenvalue weighted by atomic mass is 32.2. The third kappa shape index (κ3) is 2.88.